The zero-order valence-corrected chi connectivity index (χ0v) is 13.4. The molecule has 1 saturated heterocycles. The van der Waals surface area contributed by atoms with Crippen LogP contribution in [0.15, 0.2) is 18.2 Å². The molecule has 1 amide bonds. The molecule has 0 radical (unpaired) electrons. The Balaban J connectivity index is 1.65. The third kappa shape index (κ3) is 5.17. The van der Waals surface area contributed by atoms with Gasteiger partial charge in [0.15, 0.2) is 0 Å². The monoisotopic (exact) mass is 333 g/mol. The Labute approximate surface area is 133 Å². The van der Waals surface area contributed by atoms with E-state index in [9.17, 15) is 4.79 Å². The van der Waals surface area contributed by atoms with Crippen molar-refractivity contribution in [2.24, 2.45) is 0 Å². The predicted molar refractivity (Wildman–Crippen MR) is 84.6 cm³/mol. The largest absolute Gasteiger partial charge is 0.376 e. The second-order valence-corrected chi connectivity index (χ2v) is 6.50. The lowest BCUT2D eigenvalue weighted by molar-refractivity contribution is -0.119. The summed E-state index contributed by atoms with van der Waals surface area (Å²) in [4.78, 5) is 11.7. The van der Waals surface area contributed by atoms with E-state index in [-0.39, 0.29) is 12.0 Å². The minimum absolute atomic E-state index is 0.0376. The number of nitrogens with one attached hydrogen (secondary N) is 1. The van der Waals surface area contributed by atoms with Gasteiger partial charge >= 0.3 is 0 Å². The van der Waals surface area contributed by atoms with Crippen molar-refractivity contribution < 1.29 is 9.53 Å². The molecule has 0 spiro atoms. The lowest BCUT2D eigenvalue weighted by atomic mass is 10.2. The van der Waals surface area contributed by atoms with Crippen LogP contribution in [0.5, 0.6) is 0 Å². The van der Waals surface area contributed by atoms with Crippen LogP contribution in [0.25, 0.3) is 0 Å². The van der Waals surface area contributed by atoms with Crippen molar-refractivity contribution in [3.63, 3.8) is 0 Å². The number of thioether (sulfide) groups is 1. The van der Waals surface area contributed by atoms with E-state index in [2.05, 4.69) is 5.32 Å². The van der Waals surface area contributed by atoms with Crippen LogP contribution in [0.2, 0.25) is 10.0 Å². The highest BCUT2D eigenvalue weighted by Crippen LogP contribution is 2.24. The average Bonchev–Trinajstić information content (AvgIpc) is 2.92. The lowest BCUT2D eigenvalue weighted by Gasteiger charge is -2.10. The summed E-state index contributed by atoms with van der Waals surface area (Å²) in [6.07, 6.45) is 2.31. The third-order valence-electron chi connectivity index (χ3n) is 3.06. The number of carbonyl (C=O) groups is 1. The van der Waals surface area contributed by atoms with Gasteiger partial charge in [-0.1, -0.05) is 29.3 Å². The van der Waals surface area contributed by atoms with Crippen molar-refractivity contribution in [3.05, 3.63) is 33.8 Å². The third-order valence-corrected chi connectivity index (χ3v) is 4.63. The van der Waals surface area contributed by atoms with Crippen molar-refractivity contribution in [1.82, 2.24) is 5.32 Å². The summed E-state index contributed by atoms with van der Waals surface area (Å²) in [5, 5.41) is 4.16. The Morgan fingerprint density at radius 3 is 3.00 bits per heavy atom. The number of halogens is 2. The minimum atomic E-state index is 0.0376. The SMILES string of the molecule is O=C(CSCc1ccc(Cl)cc1Cl)NCC1CCCO1. The maximum Gasteiger partial charge on any atom is 0.230 e. The molecule has 1 fully saturated rings. The number of rotatable bonds is 6. The average molecular weight is 334 g/mol. The molecule has 6 heteroatoms. The van der Waals surface area contributed by atoms with Gasteiger partial charge in [0.1, 0.15) is 0 Å². The van der Waals surface area contributed by atoms with Crippen molar-refractivity contribution >= 4 is 40.9 Å². The molecule has 2 rings (SSSR count). The van der Waals surface area contributed by atoms with Gasteiger partial charge in [0.25, 0.3) is 0 Å². The summed E-state index contributed by atoms with van der Waals surface area (Å²) in [5.41, 5.74) is 0.994. The van der Waals surface area contributed by atoms with Crippen LogP contribution in [0.3, 0.4) is 0 Å². The molecule has 1 aromatic rings. The molecule has 1 aromatic carbocycles. The maximum absolute atomic E-state index is 11.7. The summed E-state index contributed by atoms with van der Waals surface area (Å²) in [7, 11) is 0. The molecule has 1 heterocycles. The van der Waals surface area contributed by atoms with Crippen LogP contribution in [-0.4, -0.2) is 30.9 Å². The highest BCUT2D eigenvalue weighted by Gasteiger charge is 2.16. The Bertz CT molecular complexity index is 464. The van der Waals surface area contributed by atoms with E-state index in [1.807, 2.05) is 6.07 Å². The minimum Gasteiger partial charge on any atom is -0.376 e. The summed E-state index contributed by atoms with van der Waals surface area (Å²) in [5.74, 6) is 1.16. The van der Waals surface area contributed by atoms with Gasteiger partial charge in [-0.2, -0.15) is 0 Å². The molecule has 1 atom stereocenters. The molecule has 110 valence electrons. The smallest absolute Gasteiger partial charge is 0.230 e. The molecule has 1 N–H and O–H groups in total. The number of ether oxygens (including phenoxy) is 1. The van der Waals surface area contributed by atoms with E-state index in [0.29, 0.717) is 28.1 Å². The summed E-state index contributed by atoms with van der Waals surface area (Å²) in [6, 6.07) is 5.42. The molecule has 1 unspecified atom stereocenters. The van der Waals surface area contributed by atoms with E-state index < -0.39 is 0 Å². The quantitative estimate of drug-likeness (QED) is 0.865. The van der Waals surface area contributed by atoms with Gasteiger partial charge in [-0.25, -0.2) is 0 Å². The normalized spacial score (nSPS) is 18.2. The Morgan fingerprint density at radius 1 is 1.45 bits per heavy atom. The number of carbonyl (C=O) groups excluding carboxylic acids is 1. The first-order chi connectivity index (χ1) is 9.65. The first kappa shape index (κ1) is 16.0. The molecular formula is C14H17Cl2NO2S. The van der Waals surface area contributed by atoms with Crippen LogP contribution in [0, 0.1) is 0 Å². The molecule has 20 heavy (non-hydrogen) atoms. The first-order valence-corrected chi connectivity index (χ1v) is 8.46. The van der Waals surface area contributed by atoms with Crippen LogP contribution >= 0.6 is 35.0 Å². The first-order valence-electron chi connectivity index (χ1n) is 6.55. The van der Waals surface area contributed by atoms with Gasteiger partial charge in [0.05, 0.1) is 11.9 Å². The van der Waals surface area contributed by atoms with Gasteiger partial charge < -0.3 is 10.1 Å². The van der Waals surface area contributed by atoms with Crippen LogP contribution in [0.4, 0.5) is 0 Å². The molecule has 1 aliphatic rings. The molecule has 0 aliphatic carbocycles. The van der Waals surface area contributed by atoms with Gasteiger partial charge in [-0.15, -0.1) is 11.8 Å². The van der Waals surface area contributed by atoms with E-state index in [1.54, 1.807) is 12.1 Å². The summed E-state index contributed by atoms with van der Waals surface area (Å²) >= 11 is 13.5. The second kappa shape index (κ2) is 8.13. The fraction of sp³-hybridized carbons (Fsp3) is 0.500. The van der Waals surface area contributed by atoms with Crippen LogP contribution < -0.4 is 5.32 Å². The van der Waals surface area contributed by atoms with Gasteiger partial charge in [-0.3, -0.25) is 4.79 Å². The fourth-order valence-corrected chi connectivity index (χ4v) is 3.39. The maximum atomic E-state index is 11.7. The standard InChI is InChI=1S/C14H17Cl2NO2S/c15-11-4-3-10(13(16)6-11)8-20-9-14(18)17-7-12-2-1-5-19-12/h3-4,6,12H,1-2,5,7-9H2,(H,17,18). The van der Waals surface area contributed by atoms with Crippen LogP contribution in [-0.2, 0) is 15.3 Å². The molecular weight excluding hydrogens is 317 g/mol. The van der Waals surface area contributed by atoms with Crippen molar-refractivity contribution in [1.29, 1.82) is 0 Å². The highest BCUT2D eigenvalue weighted by molar-refractivity contribution is 7.99. The van der Waals surface area contributed by atoms with Crippen molar-refractivity contribution in [2.75, 3.05) is 18.9 Å². The van der Waals surface area contributed by atoms with Gasteiger partial charge in [0, 0.05) is 28.9 Å². The molecule has 0 aromatic heterocycles. The molecule has 0 saturated carbocycles. The van der Waals surface area contributed by atoms with E-state index >= 15 is 0 Å². The number of hydrogen-bond acceptors (Lipinski definition) is 3. The Hall–Kier alpha value is -0.420. The van der Waals surface area contributed by atoms with E-state index in [0.717, 1.165) is 25.0 Å². The number of hydrogen-bond donors (Lipinski definition) is 1. The number of benzene rings is 1. The van der Waals surface area contributed by atoms with Gasteiger partial charge in [0.2, 0.25) is 5.91 Å². The van der Waals surface area contributed by atoms with E-state index in [1.165, 1.54) is 11.8 Å². The van der Waals surface area contributed by atoms with Crippen LogP contribution in [0.1, 0.15) is 18.4 Å². The van der Waals surface area contributed by atoms with Crippen molar-refractivity contribution in [3.8, 4) is 0 Å². The zero-order valence-electron chi connectivity index (χ0n) is 11.0. The molecule has 1 aliphatic heterocycles. The highest BCUT2D eigenvalue weighted by atomic mass is 35.5. The Morgan fingerprint density at radius 2 is 2.30 bits per heavy atom. The zero-order chi connectivity index (χ0) is 14.4. The summed E-state index contributed by atoms with van der Waals surface area (Å²) in [6.45, 7) is 1.42. The van der Waals surface area contributed by atoms with Gasteiger partial charge in [-0.05, 0) is 30.5 Å². The summed E-state index contributed by atoms with van der Waals surface area (Å²) < 4.78 is 5.45. The molecule has 0 bridgehead atoms. The molecule has 3 nitrogen and oxygen atoms in total. The predicted octanol–water partition coefficient (Wildman–Crippen LogP) is 3.52. The van der Waals surface area contributed by atoms with Crippen molar-refractivity contribution in [2.45, 2.75) is 24.7 Å². The second-order valence-electron chi connectivity index (χ2n) is 4.67. The Kier molecular flexibility index (Phi) is 6.49. The van der Waals surface area contributed by atoms with E-state index in [4.69, 9.17) is 27.9 Å². The fourth-order valence-electron chi connectivity index (χ4n) is 1.98. The topological polar surface area (TPSA) is 38.3 Å². The number of amides is 1. The lowest BCUT2D eigenvalue weighted by Crippen LogP contribution is -2.32.